The van der Waals surface area contributed by atoms with Gasteiger partial charge in [-0.3, -0.25) is 14.6 Å². The van der Waals surface area contributed by atoms with Crippen LogP contribution in [0.4, 0.5) is 0 Å². The zero-order chi connectivity index (χ0) is 23.5. The van der Waals surface area contributed by atoms with E-state index in [1.807, 2.05) is 40.3 Å². The average molecular weight is 455 g/mol. The monoisotopic (exact) mass is 454 g/mol. The van der Waals surface area contributed by atoms with Crippen LogP contribution in [0.2, 0.25) is 0 Å². The van der Waals surface area contributed by atoms with Crippen LogP contribution in [0.1, 0.15) is 22.8 Å². The lowest BCUT2D eigenvalue weighted by Gasteiger charge is -2.25. The SMILES string of the molecule is CC(=O)N1CCN(C(=O)c2ccc(-n3cccn3)nc2)CC(Cc2cccc3ncccc23)C1. The van der Waals surface area contributed by atoms with Crippen LogP contribution in [0.15, 0.2) is 73.3 Å². The molecule has 3 aromatic heterocycles. The third-order valence-corrected chi connectivity index (χ3v) is 6.31. The van der Waals surface area contributed by atoms with Crippen LogP contribution in [0.5, 0.6) is 0 Å². The number of rotatable bonds is 4. The quantitative estimate of drug-likeness (QED) is 0.473. The molecule has 0 saturated carbocycles. The Bertz CT molecular complexity index is 1300. The van der Waals surface area contributed by atoms with E-state index in [-0.39, 0.29) is 17.7 Å². The number of aromatic nitrogens is 4. The first-order valence-corrected chi connectivity index (χ1v) is 11.4. The Morgan fingerprint density at radius 2 is 1.79 bits per heavy atom. The summed E-state index contributed by atoms with van der Waals surface area (Å²) in [5.41, 5.74) is 2.66. The van der Waals surface area contributed by atoms with Crippen LogP contribution in [0.3, 0.4) is 0 Å². The molecule has 8 heteroatoms. The molecular weight excluding hydrogens is 428 g/mol. The number of hydrogen-bond donors (Lipinski definition) is 0. The summed E-state index contributed by atoms with van der Waals surface area (Å²) in [5.74, 6) is 0.721. The van der Waals surface area contributed by atoms with Crippen LogP contribution in [0, 0.1) is 5.92 Å². The molecule has 34 heavy (non-hydrogen) atoms. The van der Waals surface area contributed by atoms with Crippen molar-refractivity contribution in [2.24, 2.45) is 5.92 Å². The number of fused-ring (bicyclic) bond motifs is 1. The summed E-state index contributed by atoms with van der Waals surface area (Å²) in [5, 5.41) is 5.29. The highest BCUT2D eigenvalue weighted by atomic mass is 16.2. The fourth-order valence-electron chi connectivity index (χ4n) is 4.60. The van der Waals surface area contributed by atoms with E-state index in [9.17, 15) is 9.59 Å². The van der Waals surface area contributed by atoms with Gasteiger partial charge in [0, 0.05) is 63.3 Å². The first-order valence-electron chi connectivity index (χ1n) is 11.4. The van der Waals surface area contributed by atoms with Gasteiger partial charge in [-0.15, -0.1) is 0 Å². The number of carbonyl (C=O) groups excluding carboxylic acids is 2. The maximum atomic E-state index is 13.4. The van der Waals surface area contributed by atoms with E-state index in [4.69, 9.17) is 0 Å². The smallest absolute Gasteiger partial charge is 0.255 e. The maximum Gasteiger partial charge on any atom is 0.255 e. The predicted octanol–water partition coefficient (Wildman–Crippen LogP) is 2.98. The Morgan fingerprint density at radius 3 is 2.56 bits per heavy atom. The highest BCUT2D eigenvalue weighted by Crippen LogP contribution is 2.23. The molecule has 1 aromatic carbocycles. The van der Waals surface area contributed by atoms with Crippen LogP contribution in [0.25, 0.3) is 16.7 Å². The van der Waals surface area contributed by atoms with Crippen LogP contribution in [-0.4, -0.2) is 67.5 Å². The van der Waals surface area contributed by atoms with Crippen molar-refractivity contribution in [3.8, 4) is 5.82 Å². The molecule has 0 bridgehead atoms. The maximum absolute atomic E-state index is 13.4. The van der Waals surface area contributed by atoms with Gasteiger partial charge in [-0.05, 0) is 48.2 Å². The second-order valence-electron chi connectivity index (χ2n) is 8.63. The van der Waals surface area contributed by atoms with Gasteiger partial charge in [-0.1, -0.05) is 18.2 Å². The van der Waals surface area contributed by atoms with Gasteiger partial charge in [-0.2, -0.15) is 5.10 Å². The molecule has 5 rings (SSSR count). The van der Waals surface area contributed by atoms with Crippen LogP contribution >= 0.6 is 0 Å². The molecule has 8 nitrogen and oxygen atoms in total. The molecule has 1 atom stereocenters. The van der Waals surface area contributed by atoms with Crippen molar-refractivity contribution in [2.75, 3.05) is 26.2 Å². The minimum absolute atomic E-state index is 0.0316. The first-order chi connectivity index (χ1) is 16.6. The Morgan fingerprint density at radius 1 is 0.941 bits per heavy atom. The van der Waals surface area contributed by atoms with Crippen LogP contribution < -0.4 is 0 Å². The van der Waals surface area contributed by atoms with Gasteiger partial charge in [0.25, 0.3) is 5.91 Å². The van der Waals surface area contributed by atoms with Crippen molar-refractivity contribution < 1.29 is 9.59 Å². The molecule has 1 aliphatic heterocycles. The fourth-order valence-corrected chi connectivity index (χ4v) is 4.60. The fraction of sp³-hybridized carbons (Fsp3) is 0.269. The molecule has 0 spiro atoms. The molecule has 1 unspecified atom stereocenters. The predicted molar refractivity (Wildman–Crippen MR) is 128 cm³/mol. The van der Waals surface area contributed by atoms with Crippen molar-refractivity contribution in [3.05, 3.63) is 84.4 Å². The lowest BCUT2D eigenvalue weighted by atomic mass is 9.95. The number of hydrogen-bond acceptors (Lipinski definition) is 5. The van der Waals surface area contributed by atoms with Crippen molar-refractivity contribution in [1.82, 2.24) is 29.5 Å². The molecule has 1 saturated heterocycles. The molecule has 0 N–H and O–H groups in total. The summed E-state index contributed by atoms with van der Waals surface area (Å²) in [4.78, 5) is 38.2. The van der Waals surface area contributed by atoms with E-state index < -0.39 is 0 Å². The standard InChI is InChI=1S/C26H26N6O2/c1-19(33)30-13-14-31(26(34)22-8-9-25(28-16-22)32-12-4-11-29-32)18-20(17-30)15-21-5-2-7-24-23(21)6-3-10-27-24/h2-12,16,20H,13-15,17-18H2,1H3. The topological polar surface area (TPSA) is 84.2 Å². The lowest BCUT2D eigenvalue weighted by Crippen LogP contribution is -2.36. The molecule has 0 aliphatic carbocycles. The second kappa shape index (κ2) is 9.43. The van der Waals surface area contributed by atoms with Gasteiger partial charge < -0.3 is 9.80 Å². The van der Waals surface area contributed by atoms with Gasteiger partial charge in [0.05, 0.1) is 11.1 Å². The number of amides is 2. The number of carbonyl (C=O) groups is 2. The Balaban J connectivity index is 1.38. The summed E-state index contributed by atoms with van der Waals surface area (Å²) >= 11 is 0. The molecule has 2 amide bonds. The number of nitrogens with zero attached hydrogens (tertiary/aromatic N) is 6. The van der Waals surface area contributed by atoms with Gasteiger partial charge in [0.15, 0.2) is 5.82 Å². The summed E-state index contributed by atoms with van der Waals surface area (Å²) < 4.78 is 1.65. The third kappa shape index (κ3) is 4.52. The summed E-state index contributed by atoms with van der Waals surface area (Å²) in [6.07, 6.45) is 7.64. The highest BCUT2D eigenvalue weighted by Gasteiger charge is 2.28. The van der Waals surface area contributed by atoms with Crippen molar-refractivity contribution >= 4 is 22.7 Å². The molecule has 0 radical (unpaired) electrons. The summed E-state index contributed by atoms with van der Waals surface area (Å²) in [6, 6.07) is 15.5. The first kappa shape index (κ1) is 21.8. The van der Waals surface area contributed by atoms with Crippen LogP contribution in [-0.2, 0) is 11.2 Å². The second-order valence-corrected chi connectivity index (χ2v) is 8.63. The molecule has 4 aromatic rings. The van der Waals surface area contributed by atoms with Crippen molar-refractivity contribution in [1.29, 1.82) is 0 Å². The van der Waals surface area contributed by atoms with E-state index in [0.717, 1.165) is 17.3 Å². The van der Waals surface area contributed by atoms with E-state index in [2.05, 4.69) is 27.2 Å². The molecule has 1 aliphatic rings. The minimum Gasteiger partial charge on any atom is -0.341 e. The molecule has 1 fully saturated rings. The van der Waals surface area contributed by atoms with E-state index >= 15 is 0 Å². The normalized spacial score (nSPS) is 16.4. The number of pyridine rings is 2. The summed E-state index contributed by atoms with van der Waals surface area (Å²) in [7, 11) is 0. The van der Waals surface area contributed by atoms with Gasteiger partial charge in [0.1, 0.15) is 0 Å². The third-order valence-electron chi connectivity index (χ3n) is 6.31. The number of benzene rings is 1. The van der Waals surface area contributed by atoms with Gasteiger partial charge >= 0.3 is 0 Å². The minimum atomic E-state index is -0.0745. The highest BCUT2D eigenvalue weighted by molar-refractivity contribution is 5.94. The zero-order valence-electron chi connectivity index (χ0n) is 19.0. The molecular formula is C26H26N6O2. The van der Waals surface area contributed by atoms with E-state index in [1.165, 1.54) is 5.56 Å². The summed E-state index contributed by atoms with van der Waals surface area (Å²) in [6.45, 7) is 3.79. The Kier molecular flexibility index (Phi) is 6.03. The van der Waals surface area contributed by atoms with Crippen molar-refractivity contribution in [2.45, 2.75) is 13.3 Å². The van der Waals surface area contributed by atoms with Gasteiger partial charge in [-0.25, -0.2) is 9.67 Å². The molecule has 172 valence electrons. The molecule has 4 heterocycles. The van der Waals surface area contributed by atoms with Gasteiger partial charge in [0.2, 0.25) is 5.91 Å². The largest absolute Gasteiger partial charge is 0.341 e. The van der Waals surface area contributed by atoms with E-state index in [0.29, 0.717) is 37.6 Å². The average Bonchev–Trinajstić information content (AvgIpc) is 3.32. The Labute approximate surface area is 197 Å². The van der Waals surface area contributed by atoms with Crippen molar-refractivity contribution in [3.63, 3.8) is 0 Å². The Hall–Kier alpha value is -4.07. The van der Waals surface area contributed by atoms with E-state index in [1.54, 1.807) is 42.3 Å². The zero-order valence-corrected chi connectivity index (χ0v) is 19.0. The lowest BCUT2D eigenvalue weighted by molar-refractivity contribution is -0.129.